The molecule has 0 radical (unpaired) electrons. The fourth-order valence-electron chi connectivity index (χ4n) is 7.45. The van der Waals surface area contributed by atoms with E-state index in [2.05, 4.69) is 81.8 Å². The summed E-state index contributed by atoms with van der Waals surface area (Å²) in [5, 5.41) is 37.6. The number of amides is 1. The van der Waals surface area contributed by atoms with Crippen molar-refractivity contribution in [3.8, 4) is 68.9 Å². The maximum atomic E-state index is 12.6. The molecule has 20 nitrogen and oxygen atoms in total. The zero-order valence-corrected chi connectivity index (χ0v) is 44.7. The second kappa shape index (κ2) is 28.7. The zero-order valence-electron chi connectivity index (χ0n) is 43.2. The summed E-state index contributed by atoms with van der Waals surface area (Å²) >= 11 is 5.06. The second-order valence-corrected chi connectivity index (χ2v) is 17.4. The molecule has 400 valence electrons. The van der Waals surface area contributed by atoms with Crippen LogP contribution in [0, 0.1) is 22.7 Å². The van der Waals surface area contributed by atoms with Gasteiger partial charge in [0.15, 0.2) is 13.2 Å². The van der Waals surface area contributed by atoms with E-state index < -0.39 is 11.1 Å². The number of benzene rings is 4. The van der Waals surface area contributed by atoms with Gasteiger partial charge in [0.2, 0.25) is 11.9 Å². The number of carbonyl (C=O) groups is 2. The van der Waals surface area contributed by atoms with Crippen LogP contribution in [-0.2, 0) is 35.5 Å². The third-order valence-corrected chi connectivity index (χ3v) is 11.3. The first-order valence-corrected chi connectivity index (χ1v) is 25.0. The third kappa shape index (κ3) is 16.9. The maximum Gasteiger partial charge on any atom is 0.264 e. The molecule has 0 saturated heterocycles. The lowest BCUT2D eigenvalue weighted by Crippen LogP contribution is -2.21. The molecule has 0 fully saturated rings. The van der Waals surface area contributed by atoms with Crippen molar-refractivity contribution in [1.29, 1.82) is 10.5 Å². The van der Waals surface area contributed by atoms with Crippen molar-refractivity contribution in [2.75, 3.05) is 24.3 Å². The molecule has 0 aliphatic carbocycles. The number of nitrogen functional groups attached to an aromatic ring is 1. The summed E-state index contributed by atoms with van der Waals surface area (Å²) in [6.45, 7) is 4.80. The number of aryl methyl sites for hydroxylation is 2. The van der Waals surface area contributed by atoms with Crippen LogP contribution in [0.25, 0.3) is 45.3 Å². The Morgan fingerprint density at radius 1 is 0.537 bits per heavy atom. The van der Waals surface area contributed by atoms with Crippen LogP contribution in [0.1, 0.15) is 47.8 Å². The van der Waals surface area contributed by atoms with E-state index in [0.29, 0.717) is 75.4 Å². The van der Waals surface area contributed by atoms with Crippen molar-refractivity contribution in [2.45, 2.75) is 39.8 Å². The number of halogens is 2. The normalized spacial score (nSPS) is 10.3. The van der Waals surface area contributed by atoms with Gasteiger partial charge in [0.05, 0.1) is 82.9 Å². The number of aromatic nitrogens is 12. The summed E-state index contributed by atoms with van der Waals surface area (Å²) in [5.74, 6) is 1.02. The number of anilines is 2. The number of hydrogen-bond donors (Lipinski definition) is 2. The Morgan fingerprint density at radius 2 is 0.975 bits per heavy atom. The predicted octanol–water partition coefficient (Wildman–Crippen LogP) is 9.41. The van der Waals surface area contributed by atoms with Gasteiger partial charge in [-0.25, -0.2) is 29.3 Å². The van der Waals surface area contributed by atoms with Gasteiger partial charge >= 0.3 is 0 Å². The molecule has 6 aromatic heterocycles. The summed E-state index contributed by atoms with van der Waals surface area (Å²) in [6, 6.07) is 52.0. The van der Waals surface area contributed by atoms with E-state index in [1.165, 1.54) is 0 Å². The van der Waals surface area contributed by atoms with Gasteiger partial charge in [-0.05, 0) is 109 Å². The lowest BCUT2D eigenvalue weighted by Gasteiger charge is -2.09. The van der Waals surface area contributed by atoms with Gasteiger partial charge < -0.3 is 15.2 Å². The summed E-state index contributed by atoms with van der Waals surface area (Å²) < 4.78 is 13.9. The lowest BCUT2D eigenvalue weighted by molar-refractivity contribution is -0.118. The molecule has 0 saturated carbocycles. The summed E-state index contributed by atoms with van der Waals surface area (Å²) in [4.78, 5) is 49.7. The topological polar surface area (TPSA) is 277 Å². The molecule has 10 rings (SSSR count). The van der Waals surface area contributed by atoms with Gasteiger partial charge in [-0.3, -0.25) is 24.9 Å². The molecule has 1 amide bonds. The van der Waals surface area contributed by atoms with E-state index in [1.54, 1.807) is 94.6 Å². The quantitative estimate of drug-likeness (QED) is 0.0803. The van der Waals surface area contributed by atoms with Crippen LogP contribution in [0.5, 0.6) is 11.5 Å². The van der Waals surface area contributed by atoms with Gasteiger partial charge in [-0.1, -0.05) is 97.1 Å². The summed E-state index contributed by atoms with van der Waals surface area (Å²) in [7, 11) is 0. The third-order valence-electron chi connectivity index (χ3n) is 11.2. The van der Waals surface area contributed by atoms with Crippen molar-refractivity contribution in [1.82, 2.24) is 59.9 Å². The van der Waals surface area contributed by atoms with E-state index >= 15 is 0 Å². The van der Waals surface area contributed by atoms with Crippen molar-refractivity contribution in [3.63, 3.8) is 0 Å². The number of ether oxygens (including phenoxy) is 2. The fourth-order valence-corrected chi connectivity index (χ4v) is 7.51. The Balaban J connectivity index is 0.000000197. The van der Waals surface area contributed by atoms with Gasteiger partial charge in [0.25, 0.3) is 11.1 Å². The molecule has 22 heteroatoms. The van der Waals surface area contributed by atoms with Crippen LogP contribution in [0.15, 0.2) is 170 Å². The fraction of sp³-hybridized carbons (Fsp3) is 0.138. The molecule has 3 N–H and O–H groups in total. The number of nitriles is 2. The van der Waals surface area contributed by atoms with Gasteiger partial charge in [0, 0.05) is 22.5 Å². The number of pyridine rings is 2. The van der Waals surface area contributed by atoms with E-state index in [4.69, 9.17) is 32.1 Å². The molecule has 0 aliphatic rings. The monoisotopic (exact) mass is 1100 g/mol. The van der Waals surface area contributed by atoms with Crippen LogP contribution in [-0.4, -0.2) is 84.3 Å². The number of nitrogens with two attached hydrogens (primary N) is 1. The highest BCUT2D eigenvalue weighted by atomic mass is 35.5. The molecular formula is C58H50Cl2N16O4. The van der Waals surface area contributed by atoms with Gasteiger partial charge in [-0.2, -0.15) is 10.5 Å². The van der Waals surface area contributed by atoms with Crippen LogP contribution in [0.4, 0.5) is 11.9 Å². The molecule has 6 heterocycles. The Labute approximate surface area is 471 Å². The molecule has 0 atom stereocenters. The van der Waals surface area contributed by atoms with E-state index in [0.717, 1.165) is 41.2 Å². The average molecular weight is 1110 g/mol. The SMILES string of the molecule is CCc1cccc(Cn2cc(-c3cc(-c4cccc(C#N)c4)nc(N)n3)nn2)n1.CCc1cccc(Cn2cc(-c3cc(-c4cccc(C#N)c4)nc(NC(=O)COc4ccccc4)n3)nn2)n1.Cl.O=C(Cl)COc1ccccc1. The number of para-hydroxylation sites is 2. The highest BCUT2D eigenvalue weighted by Crippen LogP contribution is 2.27. The Bertz CT molecular complexity index is 3770. The minimum Gasteiger partial charge on any atom is -0.484 e. The van der Waals surface area contributed by atoms with E-state index in [1.807, 2.05) is 84.9 Å². The molecular weight excluding hydrogens is 1060 g/mol. The van der Waals surface area contributed by atoms with Gasteiger partial charge in [0.1, 0.15) is 22.9 Å². The minimum absolute atomic E-state index is 0. The van der Waals surface area contributed by atoms with Crippen molar-refractivity contribution < 1.29 is 19.1 Å². The van der Waals surface area contributed by atoms with E-state index in [9.17, 15) is 14.9 Å². The molecule has 0 spiro atoms. The van der Waals surface area contributed by atoms with Gasteiger partial charge in [-0.15, -0.1) is 22.6 Å². The average Bonchev–Trinajstić information content (AvgIpc) is 4.17. The minimum atomic E-state index is -0.492. The summed E-state index contributed by atoms with van der Waals surface area (Å²) in [5.41, 5.74) is 15.5. The second-order valence-electron chi connectivity index (χ2n) is 17.0. The number of nitrogens with one attached hydrogen (secondary N) is 1. The largest absolute Gasteiger partial charge is 0.484 e. The first-order chi connectivity index (χ1) is 38.5. The molecule has 80 heavy (non-hydrogen) atoms. The number of hydrogen-bond acceptors (Lipinski definition) is 17. The predicted molar refractivity (Wildman–Crippen MR) is 303 cm³/mol. The van der Waals surface area contributed by atoms with Crippen LogP contribution >= 0.6 is 24.0 Å². The molecule has 0 unspecified atom stereocenters. The smallest absolute Gasteiger partial charge is 0.264 e. The highest BCUT2D eigenvalue weighted by Gasteiger charge is 2.16. The Kier molecular flexibility index (Phi) is 20.6. The zero-order chi connectivity index (χ0) is 55.3. The summed E-state index contributed by atoms with van der Waals surface area (Å²) in [6.07, 6.45) is 5.30. The standard InChI is InChI=1S/C29H24N8O2.C21H18N8.C8H7ClO2.ClH/c1-2-22-10-7-11-23(31-22)17-37-18-27(35-36-37)26-15-25(21-9-6-8-20(14-21)16-30)32-29(33-26)34-28(38)19-39-24-12-4-3-5-13-24;1-2-16-7-4-8-17(24-16)12-29-13-20(27-28-29)19-10-18(25-21(23)26-19)15-6-3-5-14(9-15)11-22;9-8(10)6-11-7-4-2-1-3-5-7;/h3-15,18H,2,17,19H2,1H3,(H,32,33,34,38);3-10,13H,2,12H2,1H3,(H2,23,25,26);1-5H,6H2;1H. The molecule has 10 aromatic rings. The van der Waals surface area contributed by atoms with E-state index in [-0.39, 0.29) is 37.5 Å². The molecule has 4 aromatic carbocycles. The lowest BCUT2D eigenvalue weighted by atomic mass is 10.1. The van der Waals surface area contributed by atoms with Crippen LogP contribution in [0.3, 0.4) is 0 Å². The first-order valence-electron chi connectivity index (χ1n) is 24.6. The highest BCUT2D eigenvalue weighted by molar-refractivity contribution is 6.63. The van der Waals surface area contributed by atoms with Crippen molar-refractivity contribution >= 4 is 47.1 Å². The van der Waals surface area contributed by atoms with Crippen LogP contribution in [0.2, 0.25) is 0 Å². The van der Waals surface area contributed by atoms with Crippen molar-refractivity contribution in [2.24, 2.45) is 0 Å². The van der Waals surface area contributed by atoms with Crippen LogP contribution < -0.4 is 20.5 Å². The number of rotatable bonds is 17. The molecule has 0 aliphatic heterocycles. The number of carbonyl (C=O) groups excluding carboxylic acids is 2. The Morgan fingerprint density at radius 3 is 1.46 bits per heavy atom. The van der Waals surface area contributed by atoms with Crippen molar-refractivity contribution in [3.05, 3.63) is 204 Å². The first kappa shape index (κ1) is 57.4. The number of nitrogens with zero attached hydrogens (tertiary/aromatic N) is 14. The maximum absolute atomic E-state index is 12.6. The molecule has 0 bridgehead atoms. The Hall–Kier alpha value is -10.3.